The van der Waals surface area contributed by atoms with Gasteiger partial charge in [0.2, 0.25) is 0 Å². The van der Waals surface area contributed by atoms with E-state index in [1.165, 1.54) is 89.9 Å². The number of rotatable bonds is 39. The Morgan fingerprint density at radius 3 is 1.22 bits per heavy atom. The molecule has 0 radical (unpaired) electrons. The van der Waals surface area contributed by atoms with Crippen molar-refractivity contribution in [2.45, 2.75) is 227 Å². The summed E-state index contributed by atoms with van der Waals surface area (Å²) in [6.07, 6.45) is 31.3. The van der Waals surface area contributed by atoms with Gasteiger partial charge in [0.15, 0.2) is 10.2 Å². The molecule has 0 N–H and O–H groups in total. The molecule has 0 aliphatic carbocycles. The maximum Gasteiger partial charge on any atom is 0.306 e. The molecule has 0 aromatic carbocycles. The molecular formula is C47H91NO4S2. The van der Waals surface area contributed by atoms with Gasteiger partial charge >= 0.3 is 5.97 Å². The van der Waals surface area contributed by atoms with Crippen LogP contribution in [0.2, 0.25) is 0 Å². The Balaban J connectivity index is 4.06. The summed E-state index contributed by atoms with van der Waals surface area (Å²) in [6.45, 7) is 14.8. The van der Waals surface area contributed by atoms with Crippen LogP contribution in [0.5, 0.6) is 0 Å². The van der Waals surface area contributed by atoms with Gasteiger partial charge in [0.1, 0.15) is 6.10 Å². The second-order valence-electron chi connectivity index (χ2n) is 17.9. The van der Waals surface area contributed by atoms with Gasteiger partial charge in [-0.3, -0.25) is 14.4 Å². The van der Waals surface area contributed by atoms with E-state index in [2.05, 4.69) is 46.4 Å². The first-order valence-corrected chi connectivity index (χ1v) is 25.0. The maximum atomic E-state index is 12.6. The van der Waals surface area contributed by atoms with Crippen molar-refractivity contribution in [1.82, 2.24) is 4.90 Å². The predicted octanol–water partition coefficient (Wildman–Crippen LogP) is 14.5. The van der Waals surface area contributed by atoms with E-state index in [4.69, 9.17) is 4.74 Å². The van der Waals surface area contributed by atoms with Crippen LogP contribution in [0.1, 0.15) is 221 Å². The van der Waals surface area contributed by atoms with Crippen molar-refractivity contribution >= 4 is 39.7 Å². The number of nitrogens with zero attached hydrogens (tertiary/aromatic N) is 1. The van der Waals surface area contributed by atoms with Crippen molar-refractivity contribution < 1.29 is 19.1 Å². The Kier molecular flexibility index (Phi) is 37.6. The van der Waals surface area contributed by atoms with Crippen LogP contribution in [0.15, 0.2) is 0 Å². The second kappa shape index (κ2) is 38.0. The van der Waals surface area contributed by atoms with E-state index in [1.807, 2.05) is 14.1 Å². The molecule has 0 fully saturated rings. The number of esters is 1. The number of hydrogen-bond acceptors (Lipinski definition) is 7. The summed E-state index contributed by atoms with van der Waals surface area (Å²) in [4.78, 5) is 39.3. The van der Waals surface area contributed by atoms with Crippen LogP contribution >= 0.6 is 23.5 Å². The highest BCUT2D eigenvalue weighted by Crippen LogP contribution is 2.22. The molecule has 0 heterocycles. The molecule has 2 atom stereocenters. The number of carbonyl (C=O) groups is 3. The van der Waals surface area contributed by atoms with Crippen molar-refractivity contribution in [3.8, 4) is 0 Å². The number of ether oxygens (including phenoxy) is 1. The fourth-order valence-corrected chi connectivity index (χ4v) is 9.10. The van der Waals surface area contributed by atoms with Gasteiger partial charge in [-0.1, -0.05) is 168 Å². The van der Waals surface area contributed by atoms with Gasteiger partial charge in [-0.2, -0.15) is 0 Å². The number of hydrogen-bond donors (Lipinski definition) is 0. The molecule has 7 heteroatoms. The number of carbonyl (C=O) groups excluding carboxylic acids is 3. The normalized spacial score (nSPS) is 13.0. The molecular weight excluding hydrogens is 707 g/mol. The standard InChI is InChI=1S/C47H91NO4S2/c1-40(2)26-23-28-42(5)35-38-53-46(50)33-21-17-13-9-11-15-19-30-44(52-45(49)32-25-37-48(7)8)31-20-16-12-10-14-18-22-34-47(51)54-39-36-43(6)29-24-27-41(3)4/h40-44H,9-39H2,1-8H3/t42-,43-/m0/s1. The average Bonchev–Trinajstić information content (AvgIpc) is 3.09. The van der Waals surface area contributed by atoms with Gasteiger partial charge < -0.3 is 9.64 Å². The molecule has 0 bridgehead atoms. The van der Waals surface area contributed by atoms with E-state index in [-0.39, 0.29) is 12.1 Å². The number of thioether (sulfide) groups is 2. The maximum absolute atomic E-state index is 12.6. The van der Waals surface area contributed by atoms with Crippen molar-refractivity contribution in [2.75, 3.05) is 32.1 Å². The summed E-state index contributed by atoms with van der Waals surface area (Å²) < 4.78 is 6.00. The summed E-state index contributed by atoms with van der Waals surface area (Å²) in [5, 5.41) is 0.764. The largest absolute Gasteiger partial charge is 0.462 e. The molecule has 0 unspecified atom stereocenters. The van der Waals surface area contributed by atoms with Gasteiger partial charge in [-0.25, -0.2) is 0 Å². The van der Waals surface area contributed by atoms with E-state index in [1.54, 1.807) is 23.5 Å². The smallest absolute Gasteiger partial charge is 0.306 e. The molecule has 0 aromatic heterocycles. The molecule has 0 aliphatic heterocycles. The topological polar surface area (TPSA) is 63.7 Å². The summed E-state index contributed by atoms with van der Waals surface area (Å²) >= 11 is 3.12. The van der Waals surface area contributed by atoms with Gasteiger partial charge in [0, 0.05) is 30.8 Å². The molecule has 0 amide bonds. The molecule has 0 aromatic rings. The molecule has 0 spiro atoms. The lowest BCUT2D eigenvalue weighted by Gasteiger charge is -2.18. The van der Waals surface area contributed by atoms with Crippen LogP contribution in [-0.2, 0) is 19.1 Å². The Labute approximate surface area is 345 Å². The fourth-order valence-electron chi connectivity index (χ4n) is 7.03. The Bertz CT molecular complexity index is 824. The van der Waals surface area contributed by atoms with Crippen LogP contribution in [0.25, 0.3) is 0 Å². The number of unbranched alkanes of at least 4 members (excludes halogenated alkanes) is 12. The van der Waals surface area contributed by atoms with Crippen LogP contribution in [0.3, 0.4) is 0 Å². The minimum absolute atomic E-state index is 0.0328. The lowest BCUT2D eigenvalue weighted by atomic mass is 9.98. The first-order valence-electron chi connectivity index (χ1n) is 23.0. The summed E-state index contributed by atoms with van der Waals surface area (Å²) in [5.74, 6) is 4.97. The van der Waals surface area contributed by atoms with Crippen LogP contribution in [0.4, 0.5) is 0 Å². The van der Waals surface area contributed by atoms with Crippen molar-refractivity contribution in [3.05, 3.63) is 0 Å². The highest BCUT2D eigenvalue weighted by Gasteiger charge is 2.15. The van der Waals surface area contributed by atoms with Gasteiger partial charge in [-0.15, -0.1) is 0 Å². The highest BCUT2D eigenvalue weighted by atomic mass is 32.2. The zero-order valence-corrected chi connectivity index (χ0v) is 38.8. The minimum Gasteiger partial charge on any atom is -0.462 e. The van der Waals surface area contributed by atoms with Crippen molar-refractivity contribution in [3.63, 3.8) is 0 Å². The van der Waals surface area contributed by atoms with Crippen molar-refractivity contribution in [2.24, 2.45) is 23.7 Å². The Hall–Kier alpha value is -0.530. The Morgan fingerprint density at radius 1 is 0.444 bits per heavy atom. The van der Waals surface area contributed by atoms with E-state index >= 15 is 0 Å². The van der Waals surface area contributed by atoms with Gasteiger partial charge in [-0.05, 0) is 102 Å². The van der Waals surface area contributed by atoms with E-state index < -0.39 is 0 Å². The zero-order chi connectivity index (χ0) is 40.2. The van der Waals surface area contributed by atoms with Crippen molar-refractivity contribution in [1.29, 1.82) is 0 Å². The molecule has 0 saturated carbocycles. The highest BCUT2D eigenvalue weighted by molar-refractivity contribution is 8.13. The summed E-state index contributed by atoms with van der Waals surface area (Å²) in [6, 6.07) is 0. The lowest BCUT2D eigenvalue weighted by Crippen LogP contribution is -2.20. The molecule has 0 saturated heterocycles. The first kappa shape index (κ1) is 53.5. The molecule has 320 valence electrons. The predicted molar refractivity (Wildman–Crippen MR) is 241 cm³/mol. The third-order valence-electron chi connectivity index (χ3n) is 10.8. The monoisotopic (exact) mass is 798 g/mol. The SMILES string of the molecule is CC(C)CCC[C@H](C)CCSC(=O)CCCCCCCCCC(CCCCCCCCCC(=O)SCC[C@@H](C)CCCC(C)C)OC(=O)CCCN(C)C. The molecule has 5 nitrogen and oxygen atoms in total. The average molecular weight is 798 g/mol. The summed E-state index contributed by atoms with van der Waals surface area (Å²) in [5.41, 5.74) is 0. The third-order valence-corrected chi connectivity index (χ3v) is 12.7. The third kappa shape index (κ3) is 39.7. The van der Waals surface area contributed by atoms with E-state index in [0.717, 1.165) is 125 Å². The Morgan fingerprint density at radius 2 is 0.833 bits per heavy atom. The first-order chi connectivity index (χ1) is 25.9. The minimum atomic E-state index is -0.0328. The van der Waals surface area contributed by atoms with Gasteiger partial charge in [0.05, 0.1) is 0 Å². The van der Waals surface area contributed by atoms with Crippen LogP contribution in [0, 0.1) is 23.7 Å². The van der Waals surface area contributed by atoms with Crippen LogP contribution < -0.4 is 0 Å². The molecule has 0 aliphatic rings. The second-order valence-corrected chi connectivity index (χ2v) is 20.2. The summed E-state index contributed by atoms with van der Waals surface area (Å²) in [7, 11) is 4.09. The van der Waals surface area contributed by atoms with Gasteiger partial charge in [0.25, 0.3) is 0 Å². The van der Waals surface area contributed by atoms with Crippen LogP contribution in [-0.4, -0.2) is 59.3 Å². The quantitative estimate of drug-likeness (QED) is 0.0453. The molecule has 54 heavy (non-hydrogen) atoms. The zero-order valence-electron chi connectivity index (χ0n) is 37.2. The van der Waals surface area contributed by atoms with E-state index in [0.29, 0.717) is 16.7 Å². The lowest BCUT2D eigenvalue weighted by molar-refractivity contribution is -0.150. The molecule has 0 rings (SSSR count). The van der Waals surface area contributed by atoms with E-state index in [9.17, 15) is 14.4 Å². The fraction of sp³-hybridized carbons (Fsp3) is 0.936.